The van der Waals surface area contributed by atoms with Crippen LogP contribution in [0.4, 0.5) is 45.5 Å². The number of benzene rings is 5. The van der Waals surface area contributed by atoms with Crippen LogP contribution in [0.3, 0.4) is 0 Å². The fourth-order valence-electron chi connectivity index (χ4n) is 4.72. The molecule has 0 aliphatic rings. The van der Waals surface area contributed by atoms with E-state index in [1.54, 1.807) is 24.3 Å². The van der Waals surface area contributed by atoms with E-state index in [0.29, 0.717) is 5.69 Å². The number of nitrogen functional groups attached to an aromatic ring is 2. The molecule has 0 saturated heterocycles. The Morgan fingerprint density at radius 3 is 1.67 bits per heavy atom. The van der Waals surface area contributed by atoms with Crippen molar-refractivity contribution in [2.75, 3.05) is 23.8 Å². The van der Waals surface area contributed by atoms with Crippen molar-refractivity contribution >= 4 is 96.7 Å². The Bertz CT molecular complexity index is 2850. The van der Waals surface area contributed by atoms with E-state index in [9.17, 15) is 42.8 Å². The second-order valence-electron chi connectivity index (χ2n) is 11.3. The van der Waals surface area contributed by atoms with Gasteiger partial charge < -0.3 is 11.5 Å². The minimum atomic E-state index is -4.92. The Hall–Kier alpha value is -5.60. The second-order valence-corrected chi connectivity index (χ2v) is 17.3. The Morgan fingerprint density at radius 2 is 1.09 bits per heavy atom. The van der Waals surface area contributed by atoms with Crippen LogP contribution in [0.1, 0.15) is 5.56 Å². The van der Waals surface area contributed by atoms with Crippen molar-refractivity contribution in [3.8, 4) is 0 Å². The van der Waals surface area contributed by atoms with Crippen molar-refractivity contribution in [3.05, 3.63) is 90.5 Å². The van der Waals surface area contributed by atoms with Gasteiger partial charge in [0.25, 0.3) is 20.2 Å². The summed E-state index contributed by atoms with van der Waals surface area (Å²) in [6.07, 6.45) is 0. The van der Waals surface area contributed by atoms with E-state index < -0.39 is 68.3 Å². The predicted molar refractivity (Wildman–Crippen MR) is 199 cm³/mol. The van der Waals surface area contributed by atoms with Gasteiger partial charge in [0.15, 0.2) is 9.84 Å². The summed E-state index contributed by atoms with van der Waals surface area (Å²) in [6.45, 7) is 1.04. The Morgan fingerprint density at radius 1 is 0.564 bits per heavy atom. The zero-order valence-corrected chi connectivity index (χ0v) is 31.2. The number of sulfone groups is 1. The SMILES string of the molecule is Cc1ccc(N=Nc2c(N)c(N=Nc3ccc(N=Nc4ccc(S(=O)(=O)CCOS(=O)(=O)O)cc4)c4cc(S(=O)(=O)O)ccc34)cc(S(=O)(=O)O)c2N)cc1. The summed E-state index contributed by atoms with van der Waals surface area (Å²) in [5.41, 5.74) is 12.5. The van der Waals surface area contributed by atoms with Crippen LogP contribution in [-0.4, -0.2) is 59.7 Å². The molecule has 0 heterocycles. The van der Waals surface area contributed by atoms with Crippen LogP contribution in [0.5, 0.6) is 0 Å². The Balaban J connectivity index is 1.52. The normalized spacial score (nSPS) is 13.1. The Kier molecular flexibility index (Phi) is 11.5. The summed E-state index contributed by atoms with van der Waals surface area (Å²) < 4.78 is 127. The molecule has 7 N–H and O–H groups in total. The molecule has 0 aliphatic carbocycles. The van der Waals surface area contributed by atoms with E-state index >= 15 is 0 Å². The highest BCUT2D eigenvalue weighted by molar-refractivity contribution is 7.91. The molecule has 5 aromatic carbocycles. The van der Waals surface area contributed by atoms with Gasteiger partial charge >= 0.3 is 10.4 Å². The van der Waals surface area contributed by atoms with E-state index in [1.807, 2.05) is 6.92 Å². The van der Waals surface area contributed by atoms with Crippen LogP contribution in [0.2, 0.25) is 0 Å². The molecule has 0 fully saturated rings. The van der Waals surface area contributed by atoms with Crippen molar-refractivity contribution in [3.63, 3.8) is 0 Å². The van der Waals surface area contributed by atoms with Gasteiger partial charge in [0.2, 0.25) is 0 Å². The minimum absolute atomic E-state index is 0.0537. The first-order valence-corrected chi connectivity index (χ1v) is 21.0. The lowest BCUT2D eigenvalue weighted by Crippen LogP contribution is -2.15. The van der Waals surface area contributed by atoms with Crippen LogP contribution in [0, 0.1) is 6.92 Å². The molecule has 0 aliphatic heterocycles. The third-order valence-corrected chi connectivity index (χ3v) is 11.4. The van der Waals surface area contributed by atoms with Gasteiger partial charge in [-0.25, -0.2) is 12.6 Å². The maximum atomic E-state index is 12.5. The zero-order valence-electron chi connectivity index (χ0n) is 28.0. The summed E-state index contributed by atoms with van der Waals surface area (Å²) in [5, 5.41) is 24.8. The maximum absolute atomic E-state index is 12.5. The number of rotatable bonds is 13. The minimum Gasteiger partial charge on any atom is -0.396 e. The predicted octanol–water partition coefficient (Wildman–Crippen LogP) is 6.65. The van der Waals surface area contributed by atoms with Crippen molar-refractivity contribution in [1.82, 2.24) is 0 Å². The lowest BCUT2D eigenvalue weighted by Gasteiger charge is -2.11. The molecule has 5 aromatic rings. The van der Waals surface area contributed by atoms with Crippen molar-refractivity contribution in [2.45, 2.75) is 21.6 Å². The second kappa shape index (κ2) is 15.6. The summed E-state index contributed by atoms with van der Waals surface area (Å²) in [7, 11) is -18.5. The number of anilines is 2. The van der Waals surface area contributed by atoms with Crippen molar-refractivity contribution in [2.24, 2.45) is 30.7 Å². The topological polar surface area (TPSA) is 333 Å². The molecule has 0 amide bonds. The fraction of sp³-hybridized carbons (Fsp3) is 0.0968. The highest BCUT2D eigenvalue weighted by atomic mass is 32.3. The molecular formula is C31H28N8O12S4. The number of azo groups is 3. The monoisotopic (exact) mass is 832 g/mol. The van der Waals surface area contributed by atoms with Crippen LogP contribution < -0.4 is 11.5 Å². The largest absolute Gasteiger partial charge is 0.397 e. The number of aryl methyl sites for hydroxylation is 1. The van der Waals surface area contributed by atoms with E-state index in [-0.39, 0.29) is 49.8 Å². The molecule has 55 heavy (non-hydrogen) atoms. The number of nitrogens with zero attached hydrogens (tertiary/aromatic N) is 6. The number of nitrogens with two attached hydrogens (primary N) is 2. The van der Waals surface area contributed by atoms with Crippen molar-refractivity contribution in [1.29, 1.82) is 0 Å². The first-order chi connectivity index (χ1) is 25.6. The van der Waals surface area contributed by atoms with Gasteiger partial charge in [0, 0.05) is 10.8 Å². The smallest absolute Gasteiger partial charge is 0.396 e. The summed E-state index contributed by atoms with van der Waals surface area (Å²) >= 11 is 0. The molecule has 288 valence electrons. The molecule has 0 radical (unpaired) electrons. The molecule has 20 nitrogen and oxygen atoms in total. The quantitative estimate of drug-likeness (QED) is 0.0471. The fourth-order valence-corrected chi connectivity index (χ4v) is 7.35. The molecule has 0 bridgehead atoms. The molecule has 24 heteroatoms. The highest BCUT2D eigenvalue weighted by Gasteiger charge is 2.23. The van der Waals surface area contributed by atoms with Gasteiger partial charge in [0.05, 0.1) is 56.3 Å². The van der Waals surface area contributed by atoms with Gasteiger partial charge in [-0.15, -0.1) is 20.5 Å². The van der Waals surface area contributed by atoms with Gasteiger partial charge in [0.1, 0.15) is 16.3 Å². The van der Waals surface area contributed by atoms with E-state index in [2.05, 4.69) is 34.9 Å². The number of hydrogen-bond acceptors (Lipinski definition) is 17. The van der Waals surface area contributed by atoms with E-state index in [0.717, 1.165) is 23.8 Å². The molecule has 0 atom stereocenters. The average molecular weight is 833 g/mol. The number of hydrogen-bond donors (Lipinski definition) is 5. The zero-order chi connectivity index (χ0) is 40.3. The Labute approximate surface area is 313 Å². The molecular weight excluding hydrogens is 805 g/mol. The van der Waals surface area contributed by atoms with Crippen LogP contribution in [0.25, 0.3) is 10.8 Å². The third-order valence-electron chi connectivity index (χ3n) is 7.46. The molecule has 0 unspecified atom stereocenters. The van der Waals surface area contributed by atoms with Crippen LogP contribution in [-0.2, 0) is 44.7 Å². The third kappa shape index (κ3) is 10.1. The number of fused-ring (bicyclic) bond motifs is 1. The molecule has 0 saturated carbocycles. The molecule has 0 aromatic heterocycles. The van der Waals surface area contributed by atoms with Gasteiger partial charge in [-0.3, -0.25) is 13.7 Å². The van der Waals surface area contributed by atoms with E-state index in [4.69, 9.17) is 16.0 Å². The van der Waals surface area contributed by atoms with Crippen LogP contribution >= 0.6 is 0 Å². The summed E-state index contributed by atoms with van der Waals surface area (Å²) in [5.74, 6) is -0.758. The van der Waals surface area contributed by atoms with Gasteiger partial charge in [-0.05, 0) is 73.7 Å². The molecule has 5 rings (SSSR count). The van der Waals surface area contributed by atoms with Crippen LogP contribution in [0.15, 0.2) is 130 Å². The standard InChI is InChI=1S/C31H28N8O12S4/c1-18-2-4-19(5-3-18)35-39-31-29(32)27(17-28(30(31)33)54(45,46)47)38-37-25-12-13-26(24-16-22(53(42,43)44)10-11-23(24)25)36-34-20-6-8-21(9-7-20)52(40,41)15-14-51-55(48,49)50/h2-13,16-17H,14-15,32-33H2,1H3,(H,42,43,44)(H,45,46,47)(H,48,49,50). The van der Waals surface area contributed by atoms with Crippen molar-refractivity contribution < 1.29 is 51.5 Å². The lowest BCUT2D eigenvalue weighted by atomic mass is 10.1. The highest BCUT2D eigenvalue weighted by Crippen LogP contribution is 2.44. The van der Waals surface area contributed by atoms with Gasteiger partial charge in [-0.1, -0.05) is 23.8 Å². The summed E-state index contributed by atoms with van der Waals surface area (Å²) in [4.78, 5) is -1.50. The van der Waals surface area contributed by atoms with E-state index in [1.165, 1.54) is 42.5 Å². The summed E-state index contributed by atoms with van der Waals surface area (Å²) in [6, 6.07) is 18.8. The molecule has 0 spiro atoms. The average Bonchev–Trinajstić information content (AvgIpc) is 3.09. The first-order valence-electron chi connectivity index (χ1n) is 15.1. The first kappa shape index (κ1) is 40.6. The maximum Gasteiger partial charge on any atom is 0.397 e. The van der Waals surface area contributed by atoms with Gasteiger partial charge in [-0.2, -0.15) is 35.5 Å². The lowest BCUT2D eigenvalue weighted by molar-refractivity contribution is 0.284.